The predicted octanol–water partition coefficient (Wildman–Crippen LogP) is -1.26. The fraction of sp³-hybridized carbons (Fsp3) is 0.889. The Bertz CT molecular complexity index is 177. The minimum atomic E-state index is -0.643. The molecule has 15 heavy (non-hydrogen) atoms. The largest absolute Gasteiger partial charge is 0.383 e. The van der Waals surface area contributed by atoms with Crippen LogP contribution < -0.4 is 11.1 Å². The smallest absolute Gasteiger partial charge is 0.239 e. The molecule has 0 rings (SSSR count). The summed E-state index contributed by atoms with van der Waals surface area (Å²) in [6.07, 6.45) is -0.159. The van der Waals surface area contributed by atoms with E-state index in [0.717, 1.165) is 0 Å². The lowest BCUT2D eigenvalue weighted by atomic mass is 10.3. The molecule has 2 atom stereocenters. The van der Waals surface area contributed by atoms with Crippen molar-refractivity contribution in [2.75, 3.05) is 41.1 Å². The van der Waals surface area contributed by atoms with Crippen molar-refractivity contribution < 1.29 is 19.0 Å². The van der Waals surface area contributed by atoms with Crippen molar-refractivity contribution in [3.63, 3.8) is 0 Å². The molecule has 0 spiro atoms. The van der Waals surface area contributed by atoms with E-state index in [1.54, 1.807) is 14.2 Å². The number of carbonyl (C=O) groups is 1. The Morgan fingerprint density at radius 1 is 1.27 bits per heavy atom. The van der Waals surface area contributed by atoms with Gasteiger partial charge in [0.1, 0.15) is 6.04 Å². The fourth-order valence-electron chi connectivity index (χ4n) is 0.997. The lowest BCUT2D eigenvalue weighted by molar-refractivity contribution is -0.124. The minimum Gasteiger partial charge on any atom is -0.383 e. The summed E-state index contributed by atoms with van der Waals surface area (Å²) in [5.41, 5.74) is 5.52. The number of methoxy groups -OCH3 is 3. The summed E-state index contributed by atoms with van der Waals surface area (Å²) >= 11 is 0. The Hall–Kier alpha value is -0.690. The lowest BCUT2D eigenvalue weighted by Gasteiger charge is -2.16. The monoisotopic (exact) mass is 220 g/mol. The van der Waals surface area contributed by atoms with Gasteiger partial charge in [0.15, 0.2) is 0 Å². The van der Waals surface area contributed by atoms with E-state index in [2.05, 4.69) is 5.32 Å². The van der Waals surface area contributed by atoms with Gasteiger partial charge in [-0.2, -0.15) is 0 Å². The van der Waals surface area contributed by atoms with Crippen LogP contribution in [-0.4, -0.2) is 59.1 Å². The van der Waals surface area contributed by atoms with Gasteiger partial charge in [0, 0.05) is 27.9 Å². The summed E-state index contributed by atoms with van der Waals surface area (Å²) in [6.45, 7) is 1.00. The molecule has 0 saturated carbocycles. The molecule has 0 fully saturated rings. The van der Waals surface area contributed by atoms with Gasteiger partial charge in [0.05, 0.1) is 19.3 Å². The highest BCUT2D eigenvalue weighted by molar-refractivity contribution is 5.81. The summed E-state index contributed by atoms with van der Waals surface area (Å²) in [4.78, 5) is 11.3. The van der Waals surface area contributed by atoms with Crippen LogP contribution in [0.1, 0.15) is 0 Å². The van der Waals surface area contributed by atoms with Gasteiger partial charge in [-0.25, -0.2) is 0 Å². The first kappa shape index (κ1) is 14.3. The van der Waals surface area contributed by atoms with Crippen molar-refractivity contribution >= 4 is 5.91 Å². The van der Waals surface area contributed by atoms with E-state index in [1.165, 1.54) is 7.11 Å². The van der Waals surface area contributed by atoms with Crippen molar-refractivity contribution in [2.45, 2.75) is 12.1 Å². The van der Waals surface area contributed by atoms with Crippen LogP contribution in [-0.2, 0) is 19.0 Å². The van der Waals surface area contributed by atoms with Gasteiger partial charge in [-0.1, -0.05) is 0 Å². The molecule has 0 aromatic carbocycles. The van der Waals surface area contributed by atoms with Crippen LogP contribution in [0.4, 0.5) is 0 Å². The molecule has 0 aromatic heterocycles. The molecular weight excluding hydrogens is 200 g/mol. The van der Waals surface area contributed by atoms with Crippen molar-refractivity contribution in [1.82, 2.24) is 5.32 Å². The fourth-order valence-corrected chi connectivity index (χ4v) is 0.997. The normalized spacial score (nSPS) is 14.7. The number of nitrogens with one attached hydrogen (secondary N) is 1. The number of ether oxygens (including phenoxy) is 3. The van der Waals surface area contributed by atoms with Crippen molar-refractivity contribution in [3.8, 4) is 0 Å². The average molecular weight is 220 g/mol. The molecule has 2 unspecified atom stereocenters. The topological polar surface area (TPSA) is 82.8 Å². The number of amides is 1. The molecule has 90 valence electrons. The van der Waals surface area contributed by atoms with Crippen molar-refractivity contribution in [1.29, 1.82) is 0 Å². The summed E-state index contributed by atoms with van der Waals surface area (Å²) < 4.78 is 14.7. The molecule has 0 heterocycles. The maximum atomic E-state index is 11.3. The van der Waals surface area contributed by atoms with Crippen LogP contribution in [0, 0.1) is 0 Å². The summed E-state index contributed by atoms with van der Waals surface area (Å²) in [7, 11) is 4.63. The van der Waals surface area contributed by atoms with Crippen LogP contribution in [0.3, 0.4) is 0 Å². The second-order valence-corrected chi connectivity index (χ2v) is 3.12. The van der Waals surface area contributed by atoms with Crippen molar-refractivity contribution in [2.24, 2.45) is 5.73 Å². The molecule has 0 aromatic rings. The molecule has 6 nitrogen and oxygen atoms in total. The molecule has 3 N–H and O–H groups in total. The first-order chi connectivity index (χ1) is 7.15. The Labute approximate surface area is 90.1 Å². The molecular formula is C9H20N2O4. The highest BCUT2D eigenvalue weighted by Crippen LogP contribution is 1.89. The zero-order chi connectivity index (χ0) is 11.7. The molecule has 0 saturated heterocycles. The van der Waals surface area contributed by atoms with Gasteiger partial charge in [-0.15, -0.1) is 0 Å². The number of hydrogen-bond donors (Lipinski definition) is 2. The number of nitrogens with two attached hydrogens (primary N) is 1. The molecule has 0 radical (unpaired) electrons. The van der Waals surface area contributed by atoms with E-state index >= 15 is 0 Å². The predicted molar refractivity (Wildman–Crippen MR) is 55.5 cm³/mol. The van der Waals surface area contributed by atoms with E-state index in [9.17, 15) is 4.79 Å². The first-order valence-corrected chi connectivity index (χ1v) is 4.69. The average Bonchev–Trinajstić information content (AvgIpc) is 2.24. The third kappa shape index (κ3) is 6.40. The lowest BCUT2D eigenvalue weighted by Crippen LogP contribution is -2.46. The van der Waals surface area contributed by atoms with Gasteiger partial charge < -0.3 is 25.3 Å². The van der Waals surface area contributed by atoms with E-state index in [4.69, 9.17) is 19.9 Å². The van der Waals surface area contributed by atoms with Gasteiger partial charge in [-0.05, 0) is 0 Å². The van der Waals surface area contributed by atoms with E-state index in [0.29, 0.717) is 13.2 Å². The second kappa shape index (κ2) is 8.60. The Kier molecular flexibility index (Phi) is 8.21. The highest BCUT2D eigenvalue weighted by atomic mass is 16.5. The summed E-state index contributed by atoms with van der Waals surface area (Å²) in [6, 6.07) is -0.643. The van der Waals surface area contributed by atoms with Crippen LogP contribution in [0.2, 0.25) is 0 Å². The maximum absolute atomic E-state index is 11.3. The molecule has 0 bridgehead atoms. The number of rotatable bonds is 8. The van der Waals surface area contributed by atoms with Gasteiger partial charge >= 0.3 is 0 Å². The van der Waals surface area contributed by atoms with E-state index in [-0.39, 0.29) is 18.6 Å². The summed E-state index contributed by atoms with van der Waals surface area (Å²) in [5, 5.41) is 2.65. The number of carbonyl (C=O) groups excluding carboxylic acids is 1. The van der Waals surface area contributed by atoms with Gasteiger partial charge in [0.2, 0.25) is 5.91 Å². The van der Waals surface area contributed by atoms with Gasteiger partial charge in [0.25, 0.3) is 0 Å². The van der Waals surface area contributed by atoms with Crippen LogP contribution in [0.25, 0.3) is 0 Å². The quantitative estimate of drug-likeness (QED) is 0.533. The van der Waals surface area contributed by atoms with Crippen molar-refractivity contribution in [3.05, 3.63) is 0 Å². The van der Waals surface area contributed by atoms with Crippen LogP contribution in [0.5, 0.6) is 0 Å². The maximum Gasteiger partial charge on any atom is 0.239 e. The SMILES string of the molecule is COCC(CNC(=O)C(N)COC)OC. The first-order valence-electron chi connectivity index (χ1n) is 4.69. The second-order valence-electron chi connectivity index (χ2n) is 3.12. The standard InChI is InChI=1S/C9H20N2O4/c1-13-5-7(15-3)4-11-9(12)8(10)6-14-2/h7-8H,4-6,10H2,1-3H3,(H,11,12). The molecule has 0 aliphatic carbocycles. The Morgan fingerprint density at radius 2 is 1.87 bits per heavy atom. The van der Waals surface area contributed by atoms with E-state index in [1.807, 2.05) is 0 Å². The molecule has 6 heteroatoms. The van der Waals surface area contributed by atoms with Crippen LogP contribution in [0.15, 0.2) is 0 Å². The third-order valence-electron chi connectivity index (χ3n) is 1.87. The zero-order valence-corrected chi connectivity index (χ0v) is 9.49. The van der Waals surface area contributed by atoms with Crippen LogP contribution >= 0.6 is 0 Å². The molecule has 0 aliphatic heterocycles. The minimum absolute atomic E-state index is 0.159. The molecule has 1 amide bonds. The number of hydrogen-bond acceptors (Lipinski definition) is 5. The summed E-state index contributed by atoms with van der Waals surface area (Å²) in [5.74, 6) is -0.255. The highest BCUT2D eigenvalue weighted by Gasteiger charge is 2.14. The Morgan fingerprint density at radius 3 is 2.33 bits per heavy atom. The third-order valence-corrected chi connectivity index (χ3v) is 1.87. The van der Waals surface area contributed by atoms with E-state index < -0.39 is 6.04 Å². The molecule has 0 aliphatic rings. The zero-order valence-electron chi connectivity index (χ0n) is 9.49. The Balaban J connectivity index is 3.76. The van der Waals surface area contributed by atoms with Gasteiger partial charge in [-0.3, -0.25) is 4.79 Å².